The number of hydrogen-bond donors (Lipinski definition) is 1. The number of hydrogen-bond acceptors (Lipinski definition) is 3. The van der Waals surface area contributed by atoms with E-state index in [1.165, 1.54) is 28.2 Å². The van der Waals surface area contributed by atoms with Crippen LogP contribution < -0.4 is 5.32 Å². The summed E-state index contributed by atoms with van der Waals surface area (Å²) >= 11 is 2.03. The quantitative estimate of drug-likeness (QED) is 0.726. The van der Waals surface area contributed by atoms with Crippen LogP contribution in [0.25, 0.3) is 0 Å². The number of nitrogens with one attached hydrogen (secondary N) is 1. The van der Waals surface area contributed by atoms with Crippen LogP contribution in [0.1, 0.15) is 42.4 Å². The Morgan fingerprint density at radius 1 is 1.11 bits per heavy atom. The van der Waals surface area contributed by atoms with E-state index in [0.29, 0.717) is 6.42 Å². The minimum atomic E-state index is 0.0975. The van der Waals surface area contributed by atoms with Crippen molar-refractivity contribution >= 4 is 23.4 Å². The summed E-state index contributed by atoms with van der Waals surface area (Å²) in [5.74, 6) is 2.79. The van der Waals surface area contributed by atoms with Crippen LogP contribution in [0.3, 0.4) is 0 Å². The Morgan fingerprint density at radius 3 is 2.56 bits per heavy atom. The second-order valence-electron chi connectivity index (χ2n) is 7.25. The summed E-state index contributed by atoms with van der Waals surface area (Å²) in [6.07, 6.45) is 1.48. The highest BCUT2D eigenvalue weighted by molar-refractivity contribution is 7.99. The third kappa shape index (κ3) is 5.60. The molecule has 4 heteroatoms. The summed E-state index contributed by atoms with van der Waals surface area (Å²) in [5.41, 5.74) is 4.70. The minimum Gasteiger partial charge on any atom is -0.326 e. The van der Waals surface area contributed by atoms with Gasteiger partial charge in [-0.25, -0.2) is 0 Å². The van der Waals surface area contributed by atoms with E-state index in [1.54, 1.807) is 0 Å². The lowest BCUT2D eigenvalue weighted by atomic mass is 9.93. The zero-order valence-corrected chi connectivity index (χ0v) is 17.2. The summed E-state index contributed by atoms with van der Waals surface area (Å²) in [6.45, 7) is 7.54. The Bertz CT molecular complexity index is 741. The van der Waals surface area contributed by atoms with E-state index in [2.05, 4.69) is 48.3 Å². The molecule has 0 aliphatic carbocycles. The molecule has 1 N–H and O–H groups in total. The molecule has 0 spiro atoms. The van der Waals surface area contributed by atoms with Crippen molar-refractivity contribution in [2.75, 3.05) is 29.9 Å². The van der Waals surface area contributed by atoms with Crippen molar-refractivity contribution in [2.45, 2.75) is 39.2 Å². The number of anilines is 1. The molecule has 0 aromatic heterocycles. The van der Waals surface area contributed by atoms with E-state index in [9.17, 15) is 4.79 Å². The number of rotatable bonds is 7. The molecule has 1 aliphatic rings. The Balaban J connectivity index is 1.64. The van der Waals surface area contributed by atoms with E-state index in [-0.39, 0.29) is 11.8 Å². The Kier molecular flexibility index (Phi) is 7.36. The van der Waals surface area contributed by atoms with Gasteiger partial charge in [-0.3, -0.25) is 9.69 Å². The molecule has 0 radical (unpaired) electrons. The predicted octanol–water partition coefficient (Wildman–Crippen LogP) is 5.07. The first-order valence-corrected chi connectivity index (χ1v) is 11.1. The van der Waals surface area contributed by atoms with Crippen LogP contribution >= 0.6 is 11.8 Å². The second-order valence-corrected chi connectivity index (χ2v) is 8.47. The number of carbonyl (C=O) groups is 1. The maximum atomic E-state index is 12.7. The first kappa shape index (κ1) is 20.0. The van der Waals surface area contributed by atoms with Gasteiger partial charge < -0.3 is 5.32 Å². The number of amides is 1. The first-order chi connectivity index (χ1) is 13.2. The fraction of sp³-hybridized carbons (Fsp3) is 0.435. The van der Waals surface area contributed by atoms with Crippen LogP contribution in [-0.2, 0) is 11.3 Å². The van der Waals surface area contributed by atoms with Crippen molar-refractivity contribution in [1.29, 1.82) is 0 Å². The lowest BCUT2D eigenvalue weighted by molar-refractivity contribution is -0.116. The SMILES string of the molecule is CCC(CC(=O)Nc1cccc(CN2CCSCC2)c1C)c1ccccc1. The van der Waals surface area contributed by atoms with E-state index >= 15 is 0 Å². The van der Waals surface area contributed by atoms with Crippen molar-refractivity contribution in [3.8, 4) is 0 Å². The molecular weight excluding hydrogens is 352 g/mol. The zero-order chi connectivity index (χ0) is 19.1. The molecule has 1 unspecified atom stereocenters. The average molecular weight is 383 g/mol. The monoisotopic (exact) mass is 382 g/mol. The van der Waals surface area contributed by atoms with Gasteiger partial charge in [-0.2, -0.15) is 11.8 Å². The molecule has 0 bridgehead atoms. The molecule has 1 heterocycles. The van der Waals surface area contributed by atoms with Gasteiger partial charge in [0.2, 0.25) is 5.91 Å². The largest absolute Gasteiger partial charge is 0.326 e. The molecule has 1 fully saturated rings. The fourth-order valence-corrected chi connectivity index (χ4v) is 4.62. The molecule has 2 aromatic rings. The van der Waals surface area contributed by atoms with Gasteiger partial charge in [0.05, 0.1) is 0 Å². The molecule has 2 aromatic carbocycles. The average Bonchev–Trinajstić information content (AvgIpc) is 2.70. The molecule has 0 saturated carbocycles. The van der Waals surface area contributed by atoms with Gasteiger partial charge in [0, 0.05) is 43.2 Å². The van der Waals surface area contributed by atoms with Gasteiger partial charge in [-0.1, -0.05) is 49.4 Å². The van der Waals surface area contributed by atoms with Gasteiger partial charge >= 0.3 is 0 Å². The van der Waals surface area contributed by atoms with E-state index in [4.69, 9.17) is 0 Å². The molecule has 27 heavy (non-hydrogen) atoms. The molecule has 1 saturated heterocycles. The summed E-state index contributed by atoms with van der Waals surface area (Å²) in [7, 11) is 0. The molecule has 1 aliphatic heterocycles. The summed E-state index contributed by atoms with van der Waals surface area (Å²) in [4.78, 5) is 15.2. The molecule has 3 rings (SSSR count). The first-order valence-electron chi connectivity index (χ1n) is 9.90. The van der Waals surface area contributed by atoms with E-state index in [1.807, 2.05) is 36.0 Å². The normalized spacial score (nSPS) is 16.1. The van der Waals surface area contributed by atoms with Crippen molar-refractivity contribution in [3.63, 3.8) is 0 Å². The van der Waals surface area contributed by atoms with Crippen LogP contribution in [0.2, 0.25) is 0 Å². The van der Waals surface area contributed by atoms with Crippen molar-refractivity contribution in [2.24, 2.45) is 0 Å². The standard InChI is InChI=1S/C23H30N2OS/c1-3-19(20-8-5-4-6-9-20)16-23(26)24-22-11-7-10-21(18(22)2)17-25-12-14-27-15-13-25/h4-11,19H,3,12-17H2,1-2H3,(H,24,26). The number of thioether (sulfide) groups is 1. The van der Waals surface area contributed by atoms with E-state index < -0.39 is 0 Å². The highest BCUT2D eigenvalue weighted by Gasteiger charge is 2.16. The lowest BCUT2D eigenvalue weighted by Gasteiger charge is -2.27. The van der Waals surface area contributed by atoms with Crippen LogP contribution in [0.4, 0.5) is 5.69 Å². The highest BCUT2D eigenvalue weighted by Crippen LogP contribution is 2.26. The number of benzene rings is 2. The van der Waals surface area contributed by atoms with Gasteiger partial charge in [0.1, 0.15) is 0 Å². The van der Waals surface area contributed by atoms with Crippen LogP contribution in [0.15, 0.2) is 48.5 Å². The molecule has 1 amide bonds. The molecule has 1 atom stereocenters. The van der Waals surface area contributed by atoms with Crippen LogP contribution in [0, 0.1) is 6.92 Å². The van der Waals surface area contributed by atoms with Crippen LogP contribution in [-0.4, -0.2) is 35.4 Å². The van der Waals surface area contributed by atoms with Gasteiger partial charge in [-0.15, -0.1) is 0 Å². The lowest BCUT2D eigenvalue weighted by Crippen LogP contribution is -2.32. The Hall–Kier alpha value is -1.78. The maximum absolute atomic E-state index is 12.7. The van der Waals surface area contributed by atoms with Crippen molar-refractivity contribution in [3.05, 3.63) is 65.2 Å². The Morgan fingerprint density at radius 2 is 1.85 bits per heavy atom. The summed E-state index contributed by atoms with van der Waals surface area (Å²) < 4.78 is 0. The topological polar surface area (TPSA) is 32.3 Å². The third-order valence-corrected chi connectivity index (χ3v) is 6.36. The van der Waals surface area contributed by atoms with Crippen LogP contribution in [0.5, 0.6) is 0 Å². The maximum Gasteiger partial charge on any atom is 0.224 e. The molecular formula is C23H30N2OS. The van der Waals surface area contributed by atoms with Gasteiger partial charge in [0.15, 0.2) is 0 Å². The third-order valence-electron chi connectivity index (χ3n) is 5.41. The second kappa shape index (κ2) is 9.95. The minimum absolute atomic E-state index is 0.0975. The number of nitrogens with zero attached hydrogens (tertiary/aromatic N) is 1. The van der Waals surface area contributed by atoms with Gasteiger partial charge in [0.25, 0.3) is 0 Å². The smallest absolute Gasteiger partial charge is 0.224 e. The molecule has 144 valence electrons. The summed E-state index contributed by atoms with van der Waals surface area (Å²) in [6, 6.07) is 16.6. The number of carbonyl (C=O) groups excluding carboxylic acids is 1. The predicted molar refractivity (Wildman–Crippen MR) is 117 cm³/mol. The summed E-state index contributed by atoms with van der Waals surface area (Å²) in [5, 5.41) is 3.16. The van der Waals surface area contributed by atoms with E-state index in [0.717, 1.165) is 31.7 Å². The van der Waals surface area contributed by atoms with Gasteiger partial charge in [-0.05, 0) is 42.0 Å². The zero-order valence-electron chi connectivity index (χ0n) is 16.4. The Labute approximate surface area is 167 Å². The van der Waals surface area contributed by atoms with Crippen molar-refractivity contribution in [1.82, 2.24) is 4.90 Å². The molecule has 3 nitrogen and oxygen atoms in total. The fourth-order valence-electron chi connectivity index (χ4n) is 3.64. The highest BCUT2D eigenvalue weighted by atomic mass is 32.2. The van der Waals surface area contributed by atoms with Crippen molar-refractivity contribution < 1.29 is 4.79 Å².